The number of thiazole rings is 1. The SMILES string of the molecule is Cc1c(C(=O)O)cc(-c2csc(C3CCCCC3)n2)n1C(CCC(N)=O)CC1CCCCC1. The molecule has 0 saturated heterocycles. The molecule has 3 N–H and O–H groups in total. The Morgan fingerprint density at radius 1 is 1.15 bits per heavy atom. The third-order valence-corrected chi connectivity index (χ3v) is 8.69. The van der Waals surface area contributed by atoms with Gasteiger partial charge in [-0.3, -0.25) is 4.79 Å². The van der Waals surface area contributed by atoms with Gasteiger partial charge >= 0.3 is 5.97 Å². The number of nitrogens with zero attached hydrogens (tertiary/aromatic N) is 2. The molecule has 2 saturated carbocycles. The summed E-state index contributed by atoms with van der Waals surface area (Å²) in [7, 11) is 0. The van der Waals surface area contributed by atoms with Crippen molar-refractivity contribution in [3.8, 4) is 11.4 Å². The normalized spacial score (nSPS) is 18.9. The minimum atomic E-state index is -0.915. The van der Waals surface area contributed by atoms with Crippen molar-refractivity contribution in [3.05, 3.63) is 27.7 Å². The molecule has 1 atom stereocenters. The lowest BCUT2D eigenvalue weighted by atomic mass is 9.83. The highest BCUT2D eigenvalue weighted by Gasteiger charge is 2.28. The van der Waals surface area contributed by atoms with Gasteiger partial charge in [0.05, 0.1) is 22.0 Å². The van der Waals surface area contributed by atoms with Gasteiger partial charge in [0.2, 0.25) is 5.91 Å². The number of rotatable bonds is 9. The number of carboxylic acid groups (broad SMARTS) is 1. The minimum absolute atomic E-state index is 0.0449. The number of amides is 1. The Bertz CT molecular complexity index is 968. The molecule has 6 nitrogen and oxygen atoms in total. The molecular formula is C26H37N3O3S. The van der Waals surface area contributed by atoms with Crippen molar-refractivity contribution >= 4 is 23.2 Å². The first-order valence-electron chi connectivity index (χ1n) is 12.6. The topological polar surface area (TPSA) is 98.2 Å². The molecule has 2 fully saturated rings. The van der Waals surface area contributed by atoms with Gasteiger partial charge in [0.25, 0.3) is 0 Å². The van der Waals surface area contributed by atoms with Crippen LogP contribution in [0, 0.1) is 12.8 Å². The van der Waals surface area contributed by atoms with Crippen molar-refractivity contribution in [2.24, 2.45) is 11.7 Å². The molecule has 0 aliphatic heterocycles. The molecule has 2 aliphatic rings. The number of aromatic carboxylic acids is 1. The highest BCUT2D eigenvalue weighted by molar-refractivity contribution is 7.10. The van der Waals surface area contributed by atoms with Gasteiger partial charge in [0, 0.05) is 29.5 Å². The van der Waals surface area contributed by atoms with Crippen molar-refractivity contribution in [2.75, 3.05) is 0 Å². The maximum absolute atomic E-state index is 12.0. The van der Waals surface area contributed by atoms with Crippen LogP contribution in [0.1, 0.15) is 116 Å². The molecule has 4 rings (SSSR count). The number of carboxylic acids is 1. The maximum Gasteiger partial charge on any atom is 0.337 e. The summed E-state index contributed by atoms with van der Waals surface area (Å²) in [4.78, 5) is 28.7. The van der Waals surface area contributed by atoms with E-state index in [1.54, 1.807) is 17.4 Å². The van der Waals surface area contributed by atoms with Crippen LogP contribution in [-0.4, -0.2) is 26.5 Å². The summed E-state index contributed by atoms with van der Waals surface area (Å²) < 4.78 is 2.17. The highest BCUT2D eigenvalue weighted by Crippen LogP contribution is 2.40. The lowest BCUT2D eigenvalue weighted by Crippen LogP contribution is -2.21. The molecule has 7 heteroatoms. The average Bonchev–Trinajstić information content (AvgIpc) is 3.43. The molecule has 2 aromatic rings. The molecule has 0 aromatic carbocycles. The second-order valence-corrected chi connectivity index (χ2v) is 10.9. The Morgan fingerprint density at radius 3 is 2.45 bits per heavy atom. The number of primary amides is 1. The van der Waals surface area contributed by atoms with Crippen molar-refractivity contribution in [3.63, 3.8) is 0 Å². The molecular weight excluding hydrogens is 434 g/mol. The van der Waals surface area contributed by atoms with E-state index in [-0.39, 0.29) is 11.9 Å². The summed E-state index contributed by atoms with van der Waals surface area (Å²) in [6, 6.07) is 1.83. The molecule has 2 aromatic heterocycles. The molecule has 0 spiro atoms. The van der Waals surface area contributed by atoms with E-state index in [1.807, 2.05) is 6.92 Å². The lowest BCUT2D eigenvalue weighted by Gasteiger charge is -2.29. The van der Waals surface area contributed by atoms with E-state index in [9.17, 15) is 14.7 Å². The number of hydrogen-bond acceptors (Lipinski definition) is 4. The summed E-state index contributed by atoms with van der Waals surface area (Å²) in [6.45, 7) is 1.89. The van der Waals surface area contributed by atoms with Gasteiger partial charge < -0.3 is 15.4 Å². The van der Waals surface area contributed by atoms with E-state index in [2.05, 4.69) is 9.95 Å². The van der Waals surface area contributed by atoms with Gasteiger partial charge in [0.15, 0.2) is 0 Å². The van der Waals surface area contributed by atoms with Crippen LogP contribution in [0.5, 0.6) is 0 Å². The maximum atomic E-state index is 12.0. The number of nitrogens with two attached hydrogens (primary N) is 1. The van der Waals surface area contributed by atoms with Crippen molar-refractivity contribution in [1.82, 2.24) is 9.55 Å². The summed E-state index contributed by atoms with van der Waals surface area (Å²) in [5, 5.41) is 13.1. The molecule has 1 amide bonds. The van der Waals surface area contributed by atoms with Crippen LogP contribution >= 0.6 is 11.3 Å². The first-order valence-corrected chi connectivity index (χ1v) is 13.5. The van der Waals surface area contributed by atoms with Gasteiger partial charge in [-0.15, -0.1) is 11.3 Å². The van der Waals surface area contributed by atoms with E-state index in [4.69, 9.17) is 10.7 Å². The predicted octanol–water partition coefficient (Wildman–Crippen LogP) is 6.44. The number of aromatic nitrogens is 2. The van der Waals surface area contributed by atoms with Gasteiger partial charge in [-0.05, 0) is 44.6 Å². The van der Waals surface area contributed by atoms with E-state index in [0.29, 0.717) is 30.2 Å². The second kappa shape index (κ2) is 10.9. The largest absolute Gasteiger partial charge is 0.478 e. The second-order valence-electron chi connectivity index (χ2n) is 10.0. The molecule has 0 bridgehead atoms. The van der Waals surface area contributed by atoms with Crippen LogP contribution in [0.15, 0.2) is 11.4 Å². The Balaban J connectivity index is 1.70. The standard InChI is InChI=1S/C26H37N3O3S/c1-17-21(26(31)32)15-23(22-16-33-25(28-22)19-10-6-3-7-11-19)29(17)20(12-13-24(27)30)14-18-8-4-2-5-9-18/h15-16,18-20H,2-14H2,1H3,(H2,27,30)(H,31,32). The molecule has 0 radical (unpaired) electrons. The van der Waals surface area contributed by atoms with Crippen molar-refractivity contribution < 1.29 is 14.7 Å². The molecule has 2 aliphatic carbocycles. The third-order valence-electron chi connectivity index (χ3n) is 7.68. The zero-order chi connectivity index (χ0) is 23.4. The quantitative estimate of drug-likeness (QED) is 0.439. The predicted molar refractivity (Wildman–Crippen MR) is 132 cm³/mol. The van der Waals surface area contributed by atoms with Crippen LogP contribution in [0.4, 0.5) is 0 Å². The fraction of sp³-hybridized carbons (Fsp3) is 0.654. The monoisotopic (exact) mass is 471 g/mol. The number of hydrogen-bond donors (Lipinski definition) is 2. The van der Waals surface area contributed by atoms with Crippen LogP contribution < -0.4 is 5.73 Å². The Kier molecular flexibility index (Phi) is 7.89. The van der Waals surface area contributed by atoms with Crippen LogP contribution in [-0.2, 0) is 4.79 Å². The van der Waals surface area contributed by atoms with Crippen LogP contribution in [0.3, 0.4) is 0 Å². The first-order chi connectivity index (χ1) is 15.9. The Labute approximate surface area is 200 Å². The van der Waals surface area contributed by atoms with Gasteiger partial charge in [-0.25, -0.2) is 9.78 Å². The highest BCUT2D eigenvalue weighted by atomic mass is 32.1. The Hall–Kier alpha value is -2.15. The first kappa shape index (κ1) is 24.0. The Morgan fingerprint density at radius 2 is 1.82 bits per heavy atom. The number of carbonyl (C=O) groups is 2. The fourth-order valence-corrected chi connectivity index (χ4v) is 6.90. The van der Waals surface area contributed by atoms with E-state index >= 15 is 0 Å². The zero-order valence-corrected chi connectivity index (χ0v) is 20.5. The fourth-order valence-electron chi connectivity index (χ4n) is 5.92. The average molecular weight is 472 g/mol. The van der Waals surface area contributed by atoms with Crippen LogP contribution in [0.2, 0.25) is 0 Å². The van der Waals surface area contributed by atoms with Crippen LogP contribution in [0.25, 0.3) is 11.4 Å². The summed E-state index contributed by atoms with van der Waals surface area (Å²) >= 11 is 1.70. The van der Waals surface area contributed by atoms with Crippen molar-refractivity contribution in [1.29, 1.82) is 0 Å². The van der Waals surface area contributed by atoms with Gasteiger partial charge in [-0.2, -0.15) is 0 Å². The van der Waals surface area contributed by atoms with Gasteiger partial charge in [-0.1, -0.05) is 51.4 Å². The van der Waals surface area contributed by atoms with E-state index < -0.39 is 5.97 Å². The summed E-state index contributed by atoms with van der Waals surface area (Å²) in [5.41, 5.74) is 8.33. The van der Waals surface area contributed by atoms with Gasteiger partial charge in [0.1, 0.15) is 0 Å². The summed E-state index contributed by atoms with van der Waals surface area (Å²) in [5.74, 6) is -0.0927. The van der Waals surface area contributed by atoms with E-state index in [0.717, 1.165) is 23.5 Å². The zero-order valence-electron chi connectivity index (χ0n) is 19.7. The molecule has 33 heavy (non-hydrogen) atoms. The third kappa shape index (κ3) is 5.68. The molecule has 180 valence electrons. The van der Waals surface area contributed by atoms with Crippen molar-refractivity contribution in [2.45, 2.75) is 102 Å². The smallest absolute Gasteiger partial charge is 0.337 e. The van der Waals surface area contributed by atoms with E-state index in [1.165, 1.54) is 69.2 Å². The summed E-state index contributed by atoms with van der Waals surface area (Å²) in [6.07, 6.45) is 14.3. The molecule has 2 heterocycles. The minimum Gasteiger partial charge on any atom is -0.478 e. The lowest BCUT2D eigenvalue weighted by molar-refractivity contribution is -0.118. The number of carbonyl (C=O) groups excluding carboxylic acids is 1. The molecule has 1 unspecified atom stereocenters.